The summed E-state index contributed by atoms with van der Waals surface area (Å²) in [6.07, 6.45) is 9.33. The maximum atomic E-state index is 11.6. The topological polar surface area (TPSA) is 98.7 Å². The average Bonchev–Trinajstić information content (AvgIpc) is 2.61. The molecule has 0 aliphatic heterocycles. The van der Waals surface area contributed by atoms with Crippen molar-refractivity contribution < 1.29 is 19.9 Å². The summed E-state index contributed by atoms with van der Waals surface area (Å²) < 4.78 is 0. The lowest BCUT2D eigenvalue weighted by molar-refractivity contribution is -0.129. The van der Waals surface area contributed by atoms with E-state index in [0.717, 1.165) is 24.0 Å². The SMILES string of the molecule is O=C(C=CC=Cc1ccc(CO)cc1)NCCCCCC(=O)NO. The summed E-state index contributed by atoms with van der Waals surface area (Å²) >= 11 is 0. The molecular weight excluding hydrogens is 308 g/mol. The summed E-state index contributed by atoms with van der Waals surface area (Å²) in [7, 11) is 0. The molecular formula is C18H24N2O4. The van der Waals surface area contributed by atoms with Crippen LogP contribution in [-0.4, -0.2) is 28.7 Å². The van der Waals surface area contributed by atoms with Crippen molar-refractivity contribution in [3.8, 4) is 0 Å². The maximum Gasteiger partial charge on any atom is 0.243 e. The minimum absolute atomic E-state index is 0.0265. The number of hydrogen-bond acceptors (Lipinski definition) is 4. The van der Waals surface area contributed by atoms with Gasteiger partial charge < -0.3 is 10.4 Å². The second-order valence-corrected chi connectivity index (χ2v) is 5.25. The van der Waals surface area contributed by atoms with Crippen molar-refractivity contribution in [2.24, 2.45) is 0 Å². The molecule has 6 nitrogen and oxygen atoms in total. The van der Waals surface area contributed by atoms with E-state index in [1.165, 1.54) is 6.08 Å². The normalized spacial score (nSPS) is 11.1. The van der Waals surface area contributed by atoms with Crippen LogP contribution in [0.15, 0.2) is 42.5 Å². The zero-order valence-corrected chi connectivity index (χ0v) is 13.6. The number of carbonyl (C=O) groups excluding carboxylic acids is 2. The van der Waals surface area contributed by atoms with E-state index in [0.29, 0.717) is 13.0 Å². The molecule has 0 heterocycles. The Morgan fingerprint density at radius 1 is 1.04 bits per heavy atom. The molecule has 4 N–H and O–H groups in total. The Balaban J connectivity index is 2.16. The predicted molar refractivity (Wildman–Crippen MR) is 91.9 cm³/mol. The molecule has 6 heteroatoms. The van der Waals surface area contributed by atoms with Crippen LogP contribution in [0.4, 0.5) is 0 Å². The molecule has 0 fully saturated rings. The number of unbranched alkanes of at least 4 members (excludes halogenated alkanes) is 2. The zero-order valence-electron chi connectivity index (χ0n) is 13.6. The Morgan fingerprint density at radius 2 is 1.79 bits per heavy atom. The van der Waals surface area contributed by atoms with Crippen molar-refractivity contribution in [3.05, 3.63) is 53.6 Å². The Kier molecular flexibility index (Phi) is 9.84. The van der Waals surface area contributed by atoms with Crippen LogP contribution in [0.5, 0.6) is 0 Å². The number of allylic oxidation sites excluding steroid dienone is 2. The molecule has 0 atom stereocenters. The number of aliphatic hydroxyl groups excluding tert-OH is 1. The van der Waals surface area contributed by atoms with Crippen LogP contribution in [0.25, 0.3) is 6.08 Å². The lowest BCUT2D eigenvalue weighted by atomic mass is 10.1. The molecule has 1 aromatic rings. The molecule has 0 aliphatic carbocycles. The zero-order chi connectivity index (χ0) is 17.6. The van der Waals surface area contributed by atoms with Crippen LogP contribution in [0.2, 0.25) is 0 Å². The molecule has 0 saturated carbocycles. The second-order valence-electron chi connectivity index (χ2n) is 5.25. The van der Waals surface area contributed by atoms with Gasteiger partial charge in [-0.15, -0.1) is 0 Å². The highest BCUT2D eigenvalue weighted by Gasteiger charge is 1.98. The first-order chi connectivity index (χ1) is 11.7. The third-order valence-electron chi connectivity index (χ3n) is 3.31. The van der Waals surface area contributed by atoms with Gasteiger partial charge in [-0.1, -0.05) is 48.9 Å². The molecule has 1 rings (SSSR count). The number of carbonyl (C=O) groups is 2. The number of aliphatic hydroxyl groups is 1. The first-order valence-corrected chi connectivity index (χ1v) is 7.91. The number of benzene rings is 1. The fraction of sp³-hybridized carbons (Fsp3) is 0.333. The average molecular weight is 332 g/mol. The Hall–Kier alpha value is -2.44. The third kappa shape index (κ3) is 8.87. The number of hydroxylamine groups is 1. The predicted octanol–water partition coefficient (Wildman–Crippen LogP) is 1.93. The van der Waals surface area contributed by atoms with Gasteiger partial charge in [0.1, 0.15) is 0 Å². The van der Waals surface area contributed by atoms with Gasteiger partial charge in [-0.05, 0) is 24.0 Å². The van der Waals surface area contributed by atoms with E-state index in [9.17, 15) is 9.59 Å². The Morgan fingerprint density at radius 3 is 2.46 bits per heavy atom. The van der Waals surface area contributed by atoms with Gasteiger partial charge in [-0.3, -0.25) is 14.8 Å². The molecule has 0 bridgehead atoms. The minimum Gasteiger partial charge on any atom is -0.392 e. The first kappa shape index (κ1) is 19.6. The van der Waals surface area contributed by atoms with E-state index in [1.54, 1.807) is 17.6 Å². The van der Waals surface area contributed by atoms with Crippen molar-refractivity contribution in [2.75, 3.05) is 6.54 Å². The molecule has 0 saturated heterocycles. The molecule has 0 spiro atoms. The smallest absolute Gasteiger partial charge is 0.243 e. The van der Waals surface area contributed by atoms with Gasteiger partial charge in [0.25, 0.3) is 0 Å². The van der Waals surface area contributed by atoms with E-state index >= 15 is 0 Å². The maximum absolute atomic E-state index is 11.6. The van der Waals surface area contributed by atoms with Gasteiger partial charge in [0, 0.05) is 19.0 Å². The van der Waals surface area contributed by atoms with Crippen LogP contribution in [0.1, 0.15) is 36.8 Å². The highest BCUT2D eigenvalue weighted by molar-refractivity contribution is 5.87. The van der Waals surface area contributed by atoms with Gasteiger partial charge in [0.05, 0.1) is 6.61 Å². The standard InChI is InChI=1S/C18H24N2O4/c21-14-16-11-9-15(10-12-16)6-3-4-7-17(22)19-13-5-1-2-8-18(23)20-24/h3-4,6-7,9-12,21,24H,1-2,5,8,13-14H2,(H,19,22)(H,20,23). The van der Waals surface area contributed by atoms with E-state index in [2.05, 4.69) is 5.32 Å². The highest BCUT2D eigenvalue weighted by Crippen LogP contribution is 2.06. The van der Waals surface area contributed by atoms with Crippen LogP contribution < -0.4 is 10.8 Å². The van der Waals surface area contributed by atoms with Crippen molar-refractivity contribution in [2.45, 2.75) is 32.3 Å². The quantitative estimate of drug-likeness (QED) is 0.173. The van der Waals surface area contributed by atoms with Crippen molar-refractivity contribution in [3.63, 3.8) is 0 Å². The van der Waals surface area contributed by atoms with Crippen LogP contribution >= 0.6 is 0 Å². The summed E-state index contributed by atoms with van der Waals surface area (Å²) in [5.41, 5.74) is 3.44. The molecule has 0 unspecified atom stereocenters. The third-order valence-corrected chi connectivity index (χ3v) is 3.31. The molecule has 24 heavy (non-hydrogen) atoms. The highest BCUT2D eigenvalue weighted by atomic mass is 16.5. The summed E-state index contributed by atoms with van der Waals surface area (Å²) in [6.45, 7) is 0.578. The Bertz CT molecular complexity index is 565. The second kappa shape index (κ2) is 12.0. The summed E-state index contributed by atoms with van der Waals surface area (Å²) in [5.74, 6) is -0.553. The van der Waals surface area contributed by atoms with Gasteiger partial charge in [0.2, 0.25) is 11.8 Å². The summed E-state index contributed by atoms with van der Waals surface area (Å²) in [6, 6.07) is 7.49. The van der Waals surface area contributed by atoms with Gasteiger partial charge in [-0.2, -0.15) is 0 Å². The summed E-state index contributed by atoms with van der Waals surface area (Å²) in [5, 5.41) is 20.0. The van der Waals surface area contributed by atoms with E-state index in [-0.39, 0.29) is 24.8 Å². The molecule has 130 valence electrons. The first-order valence-electron chi connectivity index (χ1n) is 7.91. The fourth-order valence-electron chi connectivity index (χ4n) is 1.96. The number of amides is 2. The van der Waals surface area contributed by atoms with Gasteiger partial charge in [0.15, 0.2) is 0 Å². The van der Waals surface area contributed by atoms with Crippen LogP contribution in [0, 0.1) is 0 Å². The van der Waals surface area contributed by atoms with Crippen molar-refractivity contribution in [1.29, 1.82) is 0 Å². The van der Waals surface area contributed by atoms with Crippen LogP contribution in [-0.2, 0) is 16.2 Å². The Labute approximate surface area is 141 Å². The fourth-order valence-corrected chi connectivity index (χ4v) is 1.96. The number of hydrogen-bond donors (Lipinski definition) is 4. The molecule has 0 radical (unpaired) electrons. The van der Waals surface area contributed by atoms with E-state index < -0.39 is 0 Å². The molecule has 1 aromatic carbocycles. The van der Waals surface area contributed by atoms with E-state index in [4.69, 9.17) is 10.3 Å². The molecule has 2 amide bonds. The number of nitrogens with one attached hydrogen (secondary N) is 2. The van der Waals surface area contributed by atoms with E-state index in [1.807, 2.05) is 30.3 Å². The molecule has 0 aliphatic rings. The monoisotopic (exact) mass is 332 g/mol. The van der Waals surface area contributed by atoms with Crippen molar-refractivity contribution >= 4 is 17.9 Å². The summed E-state index contributed by atoms with van der Waals surface area (Å²) in [4.78, 5) is 22.3. The number of rotatable bonds is 10. The van der Waals surface area contributed by atoms with Gasteiger partial charge >= 0.3 is 0 Å². The van der Waals surface area contributed by atoms with Gasteiger partial charge in [-0.25, -0.2) is 5.48 Å². The van der Waals surface area contributed by atoms with Crippen LogP contribution in [0.3, 0.4) is 0 Å². The molecule has 0 aromatic heterocycles. The minimum atomic E-state index is -0.389. The van der Waals surface area contributed by atoms with Crippen molar-refractivity contribution in [1.82, 2.24) is 10.8 Å². The largest absolute Gasteiger partial charge is 0.392 e. The lowest BCUT2D eigenvalue weighted by Crippen LogP contribution is -2.22. The lowest BCUT2D eigenvalue weighted by Gasteiger charge is -2.02.